The van der Waals surface area contributed by atoms with Gasteiger partial charge in [0.25, 0.3) is 0 Å². The Kier molecular flexibility index (Phi) is 4.89. The summed E-state index contributed by atoms with van der Waals surface area (Å²) in [5.74, 6) is -1.45. The quantitative estimate of drug-likeness (QED) is 0.503. The predicted octanol–water partition coefficient (Wildman–Crippen LogP) is -0.530. The molecule has 0 radical (unpaired) electrons. The fourth-order valence-corrected chi connectivity index (χ4v) is 2.10. The molecule has 0 bridgehead atoms. The van der Waals surface area contributed by atoms with Crippen LogP contribution in [0, 0.1) is 0 Å². The molecule has 1 aliphatic carbocycles. The Balaban J connectivity index is 2.31. The average molecular weight is 244 g/mol. The van der Waals surface area contributed by atoms with Gasteiger partial charge in [-0.05, 0) is 12.8 Å². The zero-order chi connectivity index (χ0) is 12.9. The first-order valence-corrected chi connectivity index (χ1v) is 5.86. The lowest BCUT2D eigenvalue weighted by Gasteiger charge is -2.23. The number of rotatable bonds is 6. The van der Waals surface area contributed by atoms with Gasteiger partial charge in [0, 0.05) is 20.0 Å². The van der Waals surface area contributed by atoms with Crippen molar-refractivity contribution in [3.8, 4) is 0 Å². The maximum atomic E-state index is 10.8. The maximum Gasteiger partial charge on any atom is 0.327 e. The minimum atomic E-state index is -1.08. The average Bonchev–Trinajstić information content (AvgIpc) is 2.63. The highest BCUT2D eigenvalue weighted by Crippen LogP contribution is 2.28. The van der Waals surface area contributed by atoms with Crippen LogP contribution in [0.1, 0.15) is 32.6 Å². The number of amides is 1. The molecule has 1 fully saturated rings. The van der Waals surface area contributed by atoms with E-state index in [1.54, 1.807) is 0 Å². The van der Waals surface area contributed by atoms with Crippen LogP contribution in [0.5, 0.6) is 0 Å². The third kappa shape index (κ3) is 4.70. The summed E-state index contributed by atoms with van der Waals surface area (Å²) >= 11 is 0. The topological polar surface area (TPSA) is 98.7 Å². The van der Waals surface area contributed by atoms with Gasteiger partial charge in [-0.1, -0.05) is 12.8 Å². The fraction of sp³-hybridized carbons (Fsp3) is 0.818. The third-order valence-corrected chi connectivity index (χ3v) is 3.01. The van der Waals surface area contributed by atoms with E-state index >= 15 is 0 Å². The van der Waals surface area contributed by atoms with E-state index < -0.39 is 17.6 Å². The van der Waals surface area contributed by atoms with E-state index in [0.717, 1.165) is 25.7 Å². The zero-order valence-electron chi connectivity index (χ0n) is 10.0. The molecule has 0 aliphatic heterocycles. The van der Waals surface area contributed by atoms with Crippen molar-refractivity contribution in [3.05, 3.63) is 0 Å². The molecule has 1 atom stereocenters. The Morgan fingerprint density at radius 2 is 1.94 bits per heavy atom. The van der Waals surface area contributed by atoms with Gasteiger partial charge in [-0.3, -0.25) is 4.79 Å². The van der Waals surface area contributed by atoms with Crippen LogP contribution < -0.4 is 10.6 Å². The first kappa shape index (κ1) is 13.9. The number of aliphatic hydroxyl groups is 1. The van der Waals surface area contributed by atoms with E-state index in [1.165, 1.54) is 6.92 Å². The lowest BCUT2D eigenvalue weighted by Crippen LogP contribution is -2.49. The van der Waals surface area contributed by atoms with Crippen LogP contribution in [0.3, 0.4) is 0 Å². The molecule has 6 heteroatoms. The maximum absolute atomic E-state index is 10.8. The van der Waals surface area contributed by atoms with Gasteiger partial charge in [0.1, 0.15) is 6.04 Å². The van der Waals surface area contributed by atoms with Crippen LogP contribution in [0.15, 0.2) is 0 Å². The molecule has 1 unspecified atom stereocenters. The van der Waals surface area contributed by atoms with Crippen LogP contribution in [-0.4, -0.2) is 46.8 Å². The van der Waals surface area contributed by atoms with Crippen molar-refractivity contribution < 1.29 is 19.8 Å². The molecule has 1 saturated carbocycles. The second kappa shape index (κ2) is 5.97. The smallest absolute Gasteiger partial charge is 0.327 e. The third-order valence-electron chi connectivity index (χ3n) is 3.01. The van der Waals surface area contributed by atoms with Gasteiger partial charge in [0.15, 0.2) is 0 Å². The first-order valence-electron chi connectivity index (χ1n) is 5.86. The van der Waals surface area contributed by atoms with E-state index in [-0.39, 0.29) is 12.5 Å². The zero-order valence-corrected chi connectivity index (χ0v) is 10.0. The molecule has 6 nitrogen and oxygen atoms in total. The van der Waals surface area contributed by atoms with Gasteiger partial charge in [-0.15, -0.1) is 0 Å². The SMILES string of the molecule is CC(=O)NC(CNCC1(O)CCCC1)C(=O)O. The van der Waals surface area contributed by atoms with Gasteiger partial charge in [-0.25, -0.2) is 4.79 Å². The van der Waals surface area contributed by atoms with E-state index in [2.05, 4.69) is 10.6 Å². The second-order valence-corrected chi connectivity index (χ2v) is 4.65. The number of carboxylic acid groups (broad SMARTS) is 1. The predicted molar refractivity (Wildman–Crippen MR) is 61.5 cm³/mol. The number of carbonyl (C=O) groups excluding carboxylic acids is 1. The van der Waals surface area contributed by atoms with Crippen molar-refractivity contribution in [2.24, 2.45) is 0 Å². The molecular formula is C11H20N2O4. The summed E-state index contributed by atoms with van der Waals surface area (Å²) in [6.07, 6.45) is 3.51. The van der Waals surface area contributed by atoms with E-state index in [1.807, 2.05) is 0 Å². The monoisotopic (exact) mass is 244 g/mol. The lowest BCUT2D eigenvalue weighted by atomic mass is 10.0. The number of carboxylic acids is 1. The van der Waals surface area contributed by atoms with E-state index in [9.17, 15) is 14.7 Å². The number of aliphatic carboxylic acids is 1. The molecule has 0 heterocycles. The normalized spacial score (nSPS) is 19.9. The molecule has 98 valence electrons. The Labute approximate surface area is 100 Å². The fourth-order valence-electron chi connectivity index (χ4n) is 2.10. The molecule has 1 rings (SSSR count). The lowest BCUT2D eigenvalue weighted by molar-refractivity contribution is -0.141. The van der Waals surface area contributed by atoms with Crippen LogP contribution in [0.25, 0.3) is 0 Å². The molecule has 0 aromatic carbocycles. The summed E-state index contributed by atoms with van der Waals surface area (Å²) < 4.78 is 0. The minimum absolute atomic E-state index is 0.122. The summed E-state index contributed by atoms with van der Waals surface area (Å²) in [4.78, 5) is 21.6. The van der Waals surface area contributed by atoms with E-state index in [4.69, 9.17) is 5.11 Å². The Morgan fingerprint density at radius 3 is 2.41 bits per heavy atom. The summed E-state index contributed by atoms with van der Waals surface area (Å²) in [5.41, 5.74) is -0.709. The molecule has 0 aromatic heterocycles. The Morgan fingerprint density at radius 1 is 1.35 bits per heavy atom. The van der Waals surface area contributed by atoms with Crippen molar-refractivity contribution >= 4 is 11.9 Å². The second-order valence-electron chi connectivity index (χ2n) is 4.65. The first-order chi connectivity index (χ1) is 7.93. The molecule has 0 spiro atoms. The van der Waals surface area contributed by atoms with Crippen molar-refractivity contribution in [2.45, 2.75) is 44.2 Å². The Bertz CT molecular complexity index is 287. The van der Waals surface area contributed by atoms with Gasteiger partial charge >= 0.3 is 5.97 Å². The van der Waals surface area contributed by atoms with E-state index in [0.29, 0.717) is 6.54 Å². The molecule has 17 heavy (non-hydrogen) atoms. The highest BCUT2D eigenvalue weighted by Gasteiger charge is 2.31. The molecule has 1 amide bonds. The van der Waals surface area contributed by atoms with Crippen molar-refractivity contribution in [2.75, 3.05) is 13.1 Å². The van der Waals surface area contributed by atoms with Crippen LogP contribution >= 0.6 is 0 Å². The largest absolute Gasteiger partial charge is 0.480 e. The molecule has 4 N–H and O–H groups in total. The molecule has 0 aromatic rings. The summed E-state index contributed by atoms with van der Waals surface area (Å²) in [6, 6.07) is -0.947. The minimum Gasteiger partial charge on any atom is -0.480 e. The van der Waals surface area contributed by atoms with Crippen molar-refractivity contribution in [1.82, 2.24) is 10.6 Å². The van der Waals surface area contributed by atoms with Crippen LogP contribution in [0.4, 0.5) is 0 Å². The molecule has 0 saturated heterocycles. The van der Waals surface area contributed by atoms with Crippen LogP contribution in [0.2, 0.25) is 0 Å². The summed E-state index contributed by atoms with van der Waals surface area (Å²) in [7, 11) is 0. The number of nitrogens with one attached hydrogen (secondary N) is 2. The Hall–Kier alpha value is -1.14. The molecule has 1 aliphatic rings. The van der Waals surface area contributed by atoms with Crippen LogP contribution in [-0.2, 0) is 9.59 Å². The van der Waals surface area contributed by atoms with Gasteiger partial charge in [-0.2, -0.15) is 0 Å². The van der Waals surface area contributed by atoms with Crippen molar-refractivity contribution in [1.29, 1.82) is 0 Å². The van der Waals surface area contributed by atoms with Crippen molar-refractivity contribution in [3.63, 3.8) is 0 Å². The molecular weight excluding hydrogens is 224 g/mol. The van der Waals surface area contributed by atoms with Gasteiger partial charge in [0.05, 0.1) is 5.60 Å². The van der Waals surface area contributed by atoms with Gasteiger partial charge < -0.3 is 20.8 Å². The highest BCUT2D eigenvalue weighted by molar-refractivity contribution is 5.82. The van der Waals surface area contributed by atoms with Gasteiger partial charge in [0.2, 0.25) is 5.91 Å². The standard InChI is InChI=1S/C11H20N2O4/c1-8(14)13-9(10(15)16)6-12-7-11(17)4-2-3-5-11/h9,12,17H,2-7H2,1H3,(H,13,14)(H,15,16). The number of carbonyl (C=O) groups is 2. The number of hydrogen-bond donors (Lipinski definition) is 4. The highest BCUT2D eigenvalue weighted by atomic mass is 16.4. The number of hydrogen-bond acceptors (Lipinski definition) is 4. The summed E-state index contributed by atoms with van der Waals surface area (Å²) in [5, 5.41) is 24.1. The summed E-state index contributed by atoms with van der Waals surface area (Å²) in [6.45, 7) is 1.77.